The average molecular weight is 249 g/mol. The Kier molecular flexibility index (Phi) is 7.89. The maximum atomic E-state index is 11.5. The van der Waals surface area contributed by atoms with E-state index < -0.39 is 0 Å². The number of carbonyl (C=O) groups excluding carboxylic acids is 1. The number of unbranched alkanes of at least 4 members (excludes halogenated alkanes) is 2. The maximum absolute atomic E-state index is 11.5. The Labute approximate surface area is 109 Å². The molecule has 1 aromatic carbocycles. The maximum Gasteiger partial charge on any atom is 0.220 e. The van der Waals surface area contributed by atoms with Crippen LogP contribution in [0.2, 0.25) is 0 Å². The summed E-state index contributed by atoms with van der Waals surface area (Å²) in [4.78, 5) is 11.5. The van der Waals surface area contributed by atoms with Crippen LogP contribution >= 0.6 is 0 Å². The Morgan fingerprint density at radius 2 is 1.83 bits per heavy atom. The van der Waals surface area contributed by atoms with Crippen LogP contribution in [0.5, 0.6) is 0 Å². The molecule has 0 radical (unpaired) electrons. The lowest BCUT2D eigenvalue weighted by atomic mass is 10.1. The van der Waals surface area contributed by atoms with Gasteiger partial charge < -0.3 is 10.4 Å². The number of aliphatic hydroxyl groups excluding tert-OH is 1. The van der Waals surface area contributed by atoms with Crippen molar-refractivity contribution in [3.8, 4) is 0 Å². The zero-order chi connectivity index (χ0) is 13.1. The smallest absolute Gasteiger partial charge is 0.220 e. The SMILES string of the molecule is O=C(CCCc1ccccc1)NCCCCCO. The fraction of sp³-hybridized carbons (Fsp3) is 0.533. The van der Waals surface area contributed by atoms with Crippen LogP contribution in [0.25, 0.3) is 0 Å². The van der Waals surface area contributed by atoms with Crippen molar-refractivity contribution in [2.45, 2.75) is 38.5 Å². The van der Waals surface area contributed by atoms with Crippen molar-refractivity contribution in [1.29, 1.82) is 0 Å². The van der Waals surface area contributed by atoms with Crippen molar-refractivity contribution in [3.05, 3.63) is 35.9 Å². The lowest BCUT2D eigenvalue weighted by molar-refractivity contribution is -0.121. The Morgan fingerprint density at radius 3 is 2.56 bits per heavy atom. The summed E-state index contributed by atoms with van der Waals surface area (Å²) in [5.41, 5.74) is 1.29. The van der Waals surface area contributed by atoms with E-state index in [-0.39, 0.29) is 12.5 Å². The molecule has 0 fully saturated rings. The summed E-state index contributed by atoms with van der Waals surface area (Å²) in [5, 5.41) is 11.5. The van der Waals surface area contributed by atoms with Gasteiger partial charge in [-0.05, 0) is 37.7 Å². The molecule has 0 heterocycles. The van der Waals surface area contributed by atoms with E-state index in [1.54, 1.807) is 0 Å². The van der Waals surface area contributed by atoms with Crippen LogP contribution in [0.3, 0.4) is 0 Å². The Balaban J connectivity index is 2.00. The van der Waals surface area contributed by atoms with Crippen LogP contribution in [0.15, 0.2) is 30.3 Å². The van der Waals surface area contributed by atoms with Gasteiger partial charge in [0.15, 0.2) is 0 Å². The topological polar surface area (TPSA) is 49.3 Å². The summed E-state index contributed by atoms with van der Waals surface area (Å²) in [7, 11) is 0. The van der Waals surface area contributed by atoms with Crippen LogP contribution in [0.4, 0.5) is 0 Å². The summed E-state index contributed by atoms with van der Waals surface area (Å²) >= 11 is 0. The van der Waals surface area contributed by atoms with E-state index in [0.717, 1.165) is 38.6 Å². The first-order chi connectivity index (χ1) is 8.83. The van der Waals surface area contributed by atoms with Crippen molar-refractivity contribution in [2.75, 3.05) is 13.2 Å². The molecular weight excluding hydrogens is 226 g/mol. The fourth-order valence-electron chi connectivity index (χ4n) is 1.83. The van der Waals surface area contributed by atoms with Crippen molar-refractivity contribution in [2.24, 2.45) is 0 Å². The van der Waals surface area contributed by atoms with Gasteiger partial charge in [-0.2, -0.15) is 0 Å². The third-order valence-corrected chi connectivity index (χ3v) is 2.87. The fourth-order valence-corrected chi connectivity index (χ4v) is 1.83. The number of carbonyl (C=O) groups is 1. The largest absolute Gasteiger partial charge is 0.396 e. The van der Waals surface area contributed by atoms with Crippen LogP contribution < -0.4 is 5.32 Å². The minimum atomic E-state index is 0.134. The zero-order valence-electron chi connectivity index (χ0n) is 10.9. The molecule has 18 heavy (non-hydrogen) atoms. The second-order valence-electron chi connectivity index (χ2n) is 4.47. The van der Waals surface area contributed by atoms with E-state index in [4.69, 9.17) is 5.11 Å². The standard InChI is InChI=1S/C15H23NO2/c17-13-6-2-5-12-16-15(18)11-7-10-14-8-3-1-4-9-14/h1,3-4,8-9,17H,2,5-7,10-13H2,(H,16,18). The molecule has 0 atom stereocenters. The minimum absolute atomic E-state index is 0.134. The third kappa shape index (κ3) is 7.07. The molecule has 3 nitrogen and oxygen atoms in total. The van der Waals surface area contributed by atoms with Gasteiger partial charge in [0, 0.05) is 19.6 Å². The highest BCUT2D eigenvalue weighted by Gasteiger charge is 2.00. The summed E-state index contributed by atoms with van der Waals surface area (Å²) in [5.74, 6) is 0.134. The second kappa shape index (κ2) is 9.66. The van der Waals surface area contributed by atoms with Gasteiger partial charge >= 0.3 is 0 Å². The van der Waals surface area contributed by atoms with Gasteiger partial charge in [-0.15, -0.1) is 0 Å². The number of amides is 1. The quantitative estimate of drug-likeness (QED) is 0.660. The molecule has 0 spiro atoms. The van der Waals surface area contributed by atoms with Gasteiger partial charge in [0.1, 0.15) is 0 Å². The van der Waals surface area contributed by atoms with Gasteiger partial charge in [0.2, 0.25) is 5.91 Å². The van der Waals surface area contributed by atoms with E-state index in [1.165, 1.54) is 5.56 Å². The van der Waals surface area contributed by atoms with Gasteiger partial charge in [0.05, 0.1) is 0 Å². The molecule has 0 unspecified atom stereocenters. The number of hydrogen-bond donors (Lipinski definition) is 2. The lowest BCUT2D eigenvalue weighted by Crippen LogP contribution is -2.24. The van der Waals surface area contributed by atoms with Crippen molar-refractivity contribution < 1.29 is 9.90 Å². The molecule has 2 N–H and O–H groups in total. The zero-order valence-corrected chi connectivity index (χ0v) is 10.9. The molecule has 1 amide bonds. The molecule has 1 rings (SSSR count). The molecular formula is C15H23NO2. The summed E-state index contributed by atoms with van der Waals surface area (Å²) < 4.78 is 0. The molecule has 0 aliphatic heterocycles. The van der Waals surface area contributed by atoms with E-state index in [9.17, 15) is 4.79 Å². The molecule has 0 aliphatic carbocycles. The van der Waals surface area contributed by atoms with E-state index >= 15 is 0 Å². The molecule has 3 heteroatoms. The molecule has 0 bridgehead atoms. The predicted octanol–water partition coefficient (Wildman–Crippen LogP) is 2.29. The monoisotopic (exact) mass is 249 g/mol. The second-order valence-corrected chi connectivity index (χ2v) is 4.47. The first kappa shape index (κ1) is 14.7. The number of nitrogens with one attached hydrogen (secondary N) is 1. The van der Waals surface area contributed by atoms with Crippen molar-refractivity contribution >= 4 is 5.91 Å². The number of aryl methyl sites for hydroxylation is 1. The minimum Gasteiger partial charge on any atom is -0.396 e. The Morgan fingerprint density at radius 1 is 1.06 bits per heavy atom. The van der Waals surface area contributed by atoms with Crippen LogP contribution in [0.1, 0.15) is 37.7 Å². The average Bonchev–Trinajstić information content (AvgIpc) is 2.40. The van der Waals surface area contributed by atoms with Gasteiger partial charge in [-0.1, -0.05) is 30.3 Å². The van der Waals surface area contributed by atoms with E-state index in [1.807, 2.05) is 18.2 Å². The number of hydrogen-bond acceptors (Lipinski definition) is 2. The number of benzene rings is 1. The predicted molar refractivity (Wildman–Crippen MR) is 73.3 cm³/mol. The molecule has 1 aromatic rings. The lowest BCUT2D eigenvalue weighted by Gasteiger charge is -2.05. The first-order valence-electron chi connectivity index (χ1n) is 6.74. The summed E-state index contributed by atoms with van der Waals surface area (Å²) in [6.45, 7) is 0.967. The van der Waals surface area contributed by atoms with E-state index in [2.05, 4.69) is 17.4 Å². The highest BCUT2D eigenvalue weighted by atomic mass is 16.2. The Bertz CT molecular complexity index is 325. The third-order valence-electron chi connectivity index (χ3n) is 2.87. The Hall–Kier alpha value is -1.35. The first-order valence-corrected chi connectivity index (χ1v) is 6.74. The van der Waals surface area contributed by atoms with Crippen molar-refractivity contribution in [1.82, 2.24) is 5.32 Å². The van der Waals surface area contributed by atoms with Crippen LogP contribution in [-0.4, -0.2) is 24.2 Å². The molecule has 0 saturated carbocycles. The number of rotatable bonds is 9. The molecule has 0 aliphatic rings. The van der Waals surface area contributed by atoms with E-state index in [0.29, 0.717) is 6.42 Å². The highest BCUT2D eigenvalue weighted by Crippen LogP contribution is 2.04. The van der Waals surface area contributed by atoms with Gasteiger partial charge in [-0.25, -0.2) is 0 Å². The number of aliphatic hydroxyl groups is 1. The van der Waals surface area contributed by atoms with Gasteiger partial charge in [-0.3, -0.25) is 4.79 Å². The van der Waals surface area contributed by atoms with Crippen molar-refractivity contribution in [3.63, 3.8) is 0 Å². The van der Waals surface area contributed by atoms with Crippen LogP contribution in [-0.2, 0) is 11.2 Å². The normalized spacial score (nSPS) is 10.3. The summed E-state index contributed by atoms with van der Waals surface area (Å²) in [6, 6.07) is 10.2. The summed E-state index contributed by atoms with van der Waals surface area (Å²) in [6.07, 6.45) is 5.19. The van der Waals surface area contributed by atoms with Gasteiger partial charge in [0.25, 0.3) is 0 Å². The molecule has 100 valence electrons. The highest BCUT2D eigenvalue weighted by molar-refractivity contribution is 5.75. The van der Waals surface area contributed by atoms with Crippen LogP contribution in [0, 0.1) is 0 Å². The molecule has 0 aromatic heterocycles. The molecule has 0 saturated heterocycles.